The van der Waals surface area contributed by atoms with Crippen LogP contribution in [-0.2, 0) is 14.8 Å². The molecule has 1 atom stereocenters. The van der Waals surface area contributed by atoms with Gasteiger partial charge in [-0.3, -0.25) is 0 Å². The zero-order valence-corrected chi connectivity index (χ0v) is 12.9. The van der Waals surface area contributed by atoms with Gasteiger partial charge in [-0.15, -0.1) is 0 Å². The molecule has 6 nitrogen and oxygen atoms in total. The summed E-state index contributed by atoms with van der Waals surface area (Å²) in [6.45, 7) is 0.310. The number of halogens is 1. The molecule has 0 radical (unpaired) electrons. The van der Waals surface area contributed by atoms with Crippen LogP contribution in [0, 0.1) is 0 Å². The van der Waals surface area contributed by atoms with Crippen molar-refractivity contribution >= 4 is 31.6 Å². The largest absolute Gasteiger partial charge is 0.398 e. The van der Waals surface area contributed by atoms with Crippen LogP contribution in [0.5, 0.6) is 0 Å². The van der Waals surface area contributed by atoms with Gasteiger partial charge in [0, 0.05) is 23.8 Å². The lowest BCUT2D eigenvalue weighted by atomic mass is 10.3. The fourth-order valence-corrected chi connectivity index (χ4v) is 3.00. The molecule has 4 N–H and O–H groups in total. The number of hydrogen-bond acceptors (Lipinski definition) is 5. The summed E-state index contributed by atoms with van der Waals surface area (Å²) in [6, 6.07) is 4.37. The third kappa shape index (κ3) is 5.07. The van der Waals surface area contributed by atoms with E-state index in [1.807, 2.05) is 0 Å². The number of hydrogen-bond donors (Lipinski definition) is 3. The highest BCUT2D eigenvalue weighted by molar-refractivity contribution is 9.10. The molecule has 0 fully saturated rings. The summed E-state index contributed by atoms with van der Waals surface area (Å²) in [6.07, 6.45) is -0.408. The Bertz CT molecular complexity index is 521. The van der Waals surface area contributed by atoms with E-state index in [-0.39, 0.29) is 24.5 Å². The van der Waals surface area contributed by atoms with Gasteiger partial charge in [-0.1, -0.05) is 0 Å². The maximum atomic E-state index is 11.9. The van der Waals surface area contributed by atoms with Gasteiger partial charge < -0.3 is 15.6 Å². The van der Waals surface area contributed by atoms with Gasteiger partial charge in [0.15, 0.2) is 0 Å². The van der Waals surface area contributed by atoms with E-state index in [0.29, 0.717) is 10.2 Å². The van der Waals surface area contributed by atoms with Crippen molar-refractivity contribution < 1.29 is 18.3 Å². The quantitative estimate of drug-likeness (QED) is 0.627. The Morgan fingerprint density at radius 3 is 2.79 bits per heavy atom. The third-order valence-corrected chi connectivity index (χ3v) is 4.56. The molecule has 0 heterocycles. The molecule has 0 bridgehead atoms. The second kappa shape index (κ2) is 7.20. The number of nitrogens with two attached hydrogens (primary N) is 1. The minimum absolute atomic E-state index is 0.120. The number of rotatable bonds is 7. The van der Waals surface area contributed by atoms with Crippen LogP contribution in [0.2, 0.25) is 0 Å². The van der Waals surface area contributed by atoms with Crippen molar-refractivity contribution in [3.63, 3.8) is 0 Å². The van der Waals surface area contributed by atoms with E-state index >= 15 is 0 Å². The maximum absolute atomic E-state index is 11.9. The molecule has 0 aromatic heterocycles. The van der Waals surface area contributed by atoms with E-state index in [0.717, 1.165) is 0 Å². The first kappa shape index (κ1) is 16.4. The fourth-order valence-electron chi connectivity index (χ4n) is 1.39. The van der Waals surface area contributed by atoms with Crippen molar-refractivity contribution in [1.29, 1.82) is 0 Å². The van der Waals surface area contributed by atoms with Crippen LogP contribution >= 0.6 is 15.9 Å². The molecule has 1 aromatic carbocycles. The molecule has 0 saturated heterocycles. The maximum Gasteiger partial charge on any atom is 0.240 e. The molecule has 1 rings (SSSR count). The summed E-state index contributed by atoms with van der Waals surface area (Å²) >= 11 is 3.18. The number of benzene rings is 1. The van der Waals surface area contributed by atoms with Crippen LogP contribution in [0.3, 0.4) is 0 Å². The summed E-state index contributed by atoms with van der Waals surface area (Å²) in [5.41, 5.74) is 6.06. The molecule has 1 unspecified atom stereocenters. The zero-order chi connectivity index (χ0) is 14.5. The first-order chi connectivity index (χ1) is 8.86. The molecule has 0 aliphatic heterocycles. The van der Waals surface area contributed by atoms with Gasteiger partial charge in [-0.25, -0.2) is 13.1 Å². The molecule has 0 amide bonds. The minimum atomic E-state index is -3.60. The van der Waals surface area contributed by atoms with Gasteiger partial charge in [0.05, 0.1) is 17.6 Å². The molecule has 8 heteroatoms. The average molecular weight is 353 g/mol. The van der Waals surface area contributed by atoms with E-state index < -0.39 is 16.1 Å². The highest BCUT2D eigenvalue weighted by Crippen LogP contribution is 2.22. The SMILES string of the molecule is COCC(O)CCNS(=O)(=O)c1ccc(N)c(Br)c1. The topological polar surface area (TPSA) is 102 Å². The lowest BCUT2D eigenvalue weighted by Gasteiger charge is -2.11. The molecular formula is C11H17BrN2O4S. The summed E-state index contributed by atoms with van der Waals surface area (Å²) in [5.74, 6) is 0. The Morgan fingerprint density at radius 1 is 1.53 bits per heavy atom. The number of nitrogen functional groups attached to an aromatic ring is 1. The Kier molecular flexibility index (Phi) is 6.21. The Labute approximate surface area is 121 Å². The van der Waals surface area contributed by atoms with Crippen molar-refractivity contribution in [2.75, 3.05) is 26.0 Å². The molecule has 0 aliphatic rings. The van der Waals surface area contributed by atoms with Crippen molar-refractivity contribution in [1.82, 2.24) is 4.72 Å². The molecule has 0 saturated carbocycles. The first-order valence-corrected chi connectivity index (χ1v) is 7.86. The smallest absolute Gasteiger partial charge is 0.240 e. The minimum Gasteiger partial charge on any atom is -0.398 e. The van der Waals surface area contributed by atoms with Crippen LogP contribution < -0.4 is 10.5 Å². The Balaban J connectivity index is 2.63. The molecule has 0 aliphatic carbocycles. The fraction of sp³-hybridized carbons (Fsp3) is 0.455. The predicted molar refractivity (Wildman–Crippen MR) is 76.2 cm³/mol. The number of sulfonamides is 1. The van der Waals surface area contributed by atoms with Crippen LogP contribution in [0.15, 0.2) is 27.6 Å². The third-order valence-electron chi connectivity index (χ3n) is 2.41. The van der Waals surface area contributed by atoms with Crippen LogP contribution in [-0.4, -0.2) is 39.9 Å². The summed E-state index contributed by atoms with van der Waals surface area (Å²) in [7, 11) is -2.13. The normalized spacial score (nSPS) is 13.4. The van der Waals surface area contributed by atoms with Crippen molar-refractivity contribution in [2.24, 2.45) is 0 Å². The number of aliphatic hydroxyl groups excluding tert-OH is 1. The zero-order valence-electron chi connectivity index (χ0n) is 10.5. The van der Waals surface area contributed by atoms with E-state index in [9.17, 15) is 13.5 Å². The van der Waals surface area contributed by atoms with Crippen molar-refractivity contribution in [3.05, 3.63) is 22.7 Å². The van der Waals surface area contributed by atoms with E-state index in [2.05, 4.69) is 20.7 Å². The first-order valence-electron chi connectivity index (χ1n) is 5.58. The number of anilines is 1. The van der Waals surface area contributed by atoms with Gasteiger partial charge in [0.2, 0.25) is 10.0 Å². The second-order valence-corrected chi connectivity index (χ2v) is 6.60. The number of ether oxygens (including phenoxy) is 1. The van der Waals surface area contributed by atoms with Crippen molar-refractivity contribution in [3.8, 4) is 0 Å². The van der Waals surface area contributed by atoms with Gasteiger partial charge in [-0.2, -0.15) is 0 Å². The molecule has 19 heavy (non-hydrogen) atoms. The average Bonchev–Trinajstić information content (AvgIpc) is 2.32. The summed E-state index contributed by atoms with van der Waals surface area (Å²) in [5, 5.41) is 9.41. The lowest BCUT2D eigenvalue weighted by Crippen LogP contribution is -2.28. The van der Waals surface area contributed by atoms with Gasteiger partial charge in [-0.05, 0) is 40.5 Å². The van der Waals surface area contributed by atoms with Gasteiger partial charge in [0.1, 0.15) is 0 Å². The monoisotopic (exact) mass is 352 g/mol. The molecule has 0 spiro atoms. The van der Waals surface area contributed by atoms with Gasteiger partial charge >= 0.3 is 0 Å². The number of nitrogens with one attached hydrogen (secondary N) is 1. The highest BCUT2D eigenvalue weighted by atomic mass is 79.9. The van der Waals surface area contributed by atoms with Gasteiger partial charge in [0.25, 0.3) is 0 Å². The molecule has 108 valence electrons. The highest BCUT2D eigenvalue weighted by Gasteiger charge is 2.15. The van der Waals surface area contributed by atoms with E-state index in [1.54, 1.807) is 0 Å². The number of aliphatic hydroxyl groups is 1. The predicted octanol–water partition coefficient (Wildman–Crippen LogP) is 0.707. The van der Waals surface area contributed by atoms with Crippen LogP contribution in [0.1, 0.15) is 6.42 Å². The van der Waals surface area contributed by atoms with Crippen LogP contribution in [0.4, 0.5) is 5.69 Å². The number of methoxy groups -OCH3 is 1. The summed E-state index contributed by atoms with van der Waals surface area (Å²) in [4.78, 5) is 0.120. The Morgan fingerprint density at radius 2 is 2.21 bits per heavy atom. The standard InChI is InChI=1S/C11H17BrN2O4S/c1-18-7-8(15)4-5-14-19(16,17)9-2-3-11(13)10(12)6-9/h2-3,6,8,14-15H,4-5,7,13H2,1H3. The van der Waals surface area contributed by atoms with E-state index in [1.165, 1.54) is 25.3 Å². The van der Waals surface area contributed by atoms with Crippen molar-refractivity contribution in [2.45, 2.75) is 17.4 Å². The Hall–Kier alpha value is -0.670. The summed E-state index contributed by atoms with van der Waals surface area (Å²) < 4.78 is 31.6. The van der Waals surface area contributed by atoms with Crippen LogP contribution in [0.25, 0.3) is 0 Å². The molecule has 1 aromatic rings. The molecular weight excluding hydrogens is 336 g/mol. The second-order valence-electron chi connectivity index (χ2n) is 3.98. The lowest BCUT2D eigenvalue weighted by molar-refractivity contribution is 0.0603. The van der Waals surface area contributed by atoms with E-state index in [4.69, 9.17) is 10.5 Å².